The molecule has 1 aliphatic rings. The van der Waals surface area contributed by atoms with Crippen molar-refractivity contribution in [2.45, 2.75) is 12.5 Å². The Hall–Kier alpha value is -1.92. The average Bonchev–Trinajstić information content (AvgIpc) is 2.40. The van der Waals surface area contributed by atoms with Crippen LogP contribution in [-0.4, -0.2) is 37.6 Å². The minimum Gasteiger partial charge on any atom is -0.378 e. The zero-order valence-electron chi connectivity index (χ0n) is 10.5. The Morgan fingerprint density at radius 2 is 2.11 bits per heavy atom. The Balaban J connectivity index is 1.85. The molecule has 0 aliphatic carbocycles. The first-order valence-corrected chi connectivity index (χ1v) is 6.16. The quantitative estimate of drug-likeness (QED) is 0.718. The van der Waals surface area contributed by atoms with Crippen molar-refractivity contribution in [3.05, 3.63) is 29.8 Å². The molecule has 1 aliphatic heterocycles. The van der Waals surface area contributed by atoms with Gasteiger partial charge >= 0.3 is 0 Å². The van der Waals surface area contributed by atoms with Crippen LogP contribution in [0.3, 0.4) is 0 Å². The van der Waals surface area contributed by atoms with Gasteiger partial charge in [-0.25, -0.2) is 0 Å². The molecule has 0 bridgehead atoms. The Morgan fingerprint density at radius 1 is 1.37 bits per heavy atom. The van der Waals surface area contributed by atoms with Crippen LogP contribution >= 0.6 is 0 Å². The SMILES string of the molecule is NC(=O)c1ccc(NC(=O)CC2COCCN2)cc1. The maximum absolute atomic E-state index is 11.8. The number of hydrogen-bond donors (Lipinski definition) is 3. The van der Waals surface area contributed by atoms with Crippen LogP contribution in [0, 0.1) is 0 Å². The van der Waals surface area contributed by atoms with Gasteiger partial charge in [-0.15, -0.1) is 0 Å². The number of nitrogens with two attached hydrogens (primary N) is 1. The fraction of sp³-hybridized carbons (Fsp3) is 0.385. The maximum Gasteiger partial charge on any atom is 0.248 e. The van der Waals surface area contributed by atoms with Gasteiger partial charge in [0.15, 0.2) is 0 Å². The fourth-order valence-corrected chi connectivity index (χ4v) is 1.90. The molecule has 102 valence electrons. The lowest BCUT2D eigenvalue weighted by atomic mass is 10.1. The number of nitrogens with one attached hydrogen (secondary N) is 2. The molecule has 1 heterocycles. The Kier molecular flexibility index (Phi) is 4.48. The first kappa shape index (κ1) is 13.5. The van der Waals surface area contributed by atoms with Crippen molar-refractivity contribution in [2.24, 2.45) is 5.73 Å². The van der Waals surface area contributed by atoms with E-state index in [2.05, 4.69) is 10.6 Å². The van der Waals surface area contributed by atoms with E-state index in [0.29, 0.717) is 30.9 Å². The van der Waals surface area contributed by atoms with Gasteiger partial charge < -0.3 is 21.1 Å². The second-order valence-electron chi connectivity index (χ2n) is 4.42. The van der Waals surface area contributed by atoms with Gasteiger partial charge in [0.05, 0.1) is 13.2 Å². The van der Waals surface area contributed by atoms with E-state index in [-0.39, 0.29) is 11.9 Å². The van der Waals surface area contributed by atoms with E-state index in [0.717, 1.165) is 6.54 Å². The first-order chi connectivity index (χ1) is 9.15. The smallest absolute Gasteiger partial charge is 0.248 e. The minimum absolute atomic E-state index is 0.0543. The van der Waals surface area contributed by atoms with E-state index in [1.165, 1.54) is 0 Å². The highest BCUT2D eigenvalue weighted by Crippen LogP contribution is 2.10. The molecule has 0 spiro atoms. The predicted molar refractivity (Wildman–Crippen MR) is 70.8 cm³/mol. The molecule has 1 aromatic rings. The molecule has 2 amide bonds. The van der Waals surface area contributed by atoms with E-state index in [9.17, 15) is 9.59 Å². The van der Waals surface area contributed by atoms with Crippen LogP contribution in [0.15, 0.2) is 24.3 Å². The molecule has 0 aromatic heterocycles. The highest BCUT2D eigenvalue weighted by Gasteiger charge is 2.16. The van der Waals surface area contributed by atoms with Gasteiger partial charge in [-0.05, 0) is 24.3 Å². The lowest BCUT2D eigenvalue weighted by Gasteiger charge is -2.23. The number of primary amides is 1. The molecule has 0 radical (unpaired) electrons. The third kappa shape index (κ3) is 4.04. The molecule has 6 nitrogen and oxygen atoms in total. The summed E-state index contributed by atoms with van der Waals surface area (Å²) in [6, 6.07) is 6.53. The van der Waals surface area contributed by atoms with Gasteiger partial charge in [0, 0.05) is 30.3 Å². The van der Waals surface area contributed by atoms with E-state index in [4.69, 9.17) is 10.5 Å². The third-order valence-electron chi connectivity index (χ3n) is 2.88. The number of amides is 2. The molecule has 1 atom stereocenters. The van der Waals surface area contributed by atoms with Crippen molar-refractivity contribution in [3.8, 4) is 0 Å². The summed E-state index contributed by atoms with van der Waals surface area (Å²) in [7, 11) is 0. The van der Waals surface area contributed by atoms with Crippen molar-refractivity contribution in [1.29, 1.82) is 0 Å². The molecule has 1 saturated heterocycles. The van der Waals surface area contributed by atoms with Gasteiger partial charge in [0.2, 0.25) is 11.8 Å². The Morgan fingerprint density at radius 3 is 2.68 bits per heavy atom. The second kappa shape index (κ2) is 6.31. The zero-order valence-corrected chi connectivity index (χ0v) is 10.5. The monoisotopic (exact) mass is 263 g/mol. The second-order valence-corrected chi connectivity index (χ2v) is 4.42. The van der Waals surface area contributed by atoms with Crippen molar-refractivity contribution in [2.75, 3.05) is 25.1 Å². The summed E-state index contributed by atoms with van der Waals surface area (Å²) in [6.45, 7) is 2.01. The van der Waals surface area contributed by atoms with Crippen LogP contribution in [0.1, 0.15) is 16.8 Å². The van der Waals surface area contributed by atoms with Crippen molar-refractivity contribution in [3.63, 3.8) is 0 Å². The molecule has 6 heteroatoms. The number of ether oxygens (including phenoxy) is 1. The lowest BCUT2D eigenvalue weighted by molar-refractivity contribution is -0.117. The molecule has 4 N–H and O–H groups in total. The number of hydrogen-bond acceptors (Lipinski definition) is 4. The van der Waals surface area contributed by atoms with Crippen LogP contribution < -0.4 is 16.4 Å². The summed E-state index contributed by atoms with van der Waals surface area (Å²) in [5.74, 6) is -0.573. The standard InChI is InChI=1S/C13H17N3O3/c14-13(18)9-1-3-10(4-2-9)16-12(17)7-11-8-19-6-5-15-11/h1-4,11,15H,5-8H2,(H2,14,18)(H,16,17). The van der Waals surface area contributed by atoms with Crippen LogP contribution in [0.25, 0.3) is 0 Å². The number of morpholine rings is 1. The summed E-state index contributed by atoms with van der Waals surface area (Å²) in [4.78, 5) is 22.7. The number of rotatable bonds is 4. The van der Waals surface area contributed by atoms with E-state index in [1.807, 2.05) is 0 Å². The fourth-order valence-electron chi connectivity index (χ4n) is 1.90. The number of benzene rings is 1. The maximum atomic E-state index is 11.8. The summed E-state index contributed by atoms with van der Waals surface area (Å²) >= 11 is 0. The van der Waals surface area contributed by atoms with Crippen LogP contribution in [0.2, 0.25) is 0 Å². The topological polar surface area (TPSA) is 93.5 Å². The summed E-state index contributed by atoms with van der Waals surface area (Å²) in [5.41, 5.74) is 6.20. The largest absolute Gasteiger partial charge is 0.378 e. The third-order valence-corrected chi connectivity index (χ3v) is 2.88. The van der Waals surface area contributed by atoms with E-state index >= 15 is 0 Å². The molecule has 1 aromatic carbocycles. The highest BCUT2D eigenvalue weighted by molar-refractivity contribution is 5.94. The lowest BCUT2D eigenvalue weighted by Crippen LogP contribution is -2.43. The van der Waals surface area contributed by atoms with Gasteiger partial charge in [-0.3, -0.25) is 9.59 Å². The van der Waals surface area contributed by atoms with Crippen LogP contribution in [0.4, 0.5) is 5.69 Å². The number of anilines is 1. The van der Waals surface area contributed by atoms with Crippen molar-refractivity contribution < 1.29 is 14.3 Å². The van der Waals surface area contributed by atoms with Crippen LogP contribution in [-0.2, 0) is 9.53 Å². The number of carbonyl (C=O) groups is 2. The van der Waals surface area contributed by atoms with E-state index < -0.39 is 5.91 Å². The molecule has 1 fully saturated rings. The van der Waals surface area contributed by atoms with Crippen LogP contribution in [0.5, 0.6) is 0 Å². The molecule has 0 saturated carbocycles. The van der Waals surface area contributed by atoms with Crippen molar-refractivity contribution >= 4 is 17.5 Å². The molecular formula is C13H17N3O3. The summed E-state index contributed by atoms with van der Waals surface area (Å²) in [5, 5.41) is 5.98. The summed E-state index contributed by atoms with van der Waals surface area (Å²) < 4.78 is 5.28. The molecule has 19 heavy (non-hydrogen) atoms. The van der Waals surface area contributed by atoms with Gasteiger partial charge in [-0.1, -0.05) is 0 Å². The Labute approximate surface area is 111 Å². The molecular weight excluding hydrogens is 246 g/mol. The van der Waals surface area contributed by atoms with Gasteiger partial charge in [-0.2, -0.15) is 0 Å². The summed E-state index contributed by atoms with van der Waals surface area (Å²) in [6.07, 6.45) is 0.359. The van der Waals surface area contributed by atoms with Gasteiger partial charge in [0.25, 0.3) is 0 Å². The van der Waals surface area contributed by atoms with E-state index in [1.54, 1.807) is 24.3 Å². The first-order valence-electron chi connectivity index (χ1n) is 6.16. The minimum atomic E-state index is -0.485. The Bertz CT molecular complexity index is 453. The highest BCUT2D eigenvalue weighted by atomic mass is 16.5. The van der Waals surface area contributed by atoms with Gasteiger partial charge in [0.1, 0.15) is 0 Å². The predicted octanol–water partition coefficient (Wildman–Crippen LogP) is 0.102. The molecule has 1 unspecified atom stereocenters. The molecule has 2 rings (SSSR count). The normalized spacial score (nSPS) is 18.8. The number of carbonyl (C=O) groups excluding carboxylic acids is 2. The van der Waals surface area contributed by atoms with Crippen molar-refractivity contribution in [1.82, 2.24) is 5.32 Å². The average molecular weight is 263 g/mol. The zero-order chi connectivity index (χ0) is 13.7.